The summed E-state index contributed by atoms with van der Waals surface area (Å²) in [6.45, 7) is 3.41. The van der Waals surface area contributed by atoms with E-state index in [9.17, 15) is 4.79 Å². The van der Waals surface area contributed by atoms with Crippen molar-refractivity contribution in [2.24, 2.45) is 5.92 Å². The molecule has 27 heavy (non-hydrogen) atoms. The van der Waals surface area contributed by atoms with E-state index >= 15 is 0 Å². The van der Waals surface area contributed by atoms with Gasteiger partial charge in [-0.3, -0.25) is 15.0 Å². The number of likely N-dealkylation sites (tertiary alicyclic amines) is 1. The highest BCUT2D eigenvalue weighted by Crippen LogP contribution is 2.27. The van der Waals surface area contributed by atoms with Crippen LogP contribution in [0.15, 0.2) is 18.5 Å². The fraction of sp³-hybridized carbons (Fsp3) is 0.650. The van der Waals surface area contributed by atoms with Crippen molar-refractivity contribution in [3.63, 3.8) is 0 Å². The van der Waals surface area contributed by atoms with E-state index in [0.29, 0.717) is 11.7 Å². The summed E-state index contributed by atoms with van der Waals surface area (Å²) in [6, 6.07) is 0.413. The van der Waals surface area contributed by atoms with E-state index in [1.807, 2.05) is 0 Å². The maximum atomic E-state index is 11.0. The van der Waals surface area contributed by atoms with E-state index in [4.69, 9.17) is 5.21 Å². The van der Waals surface area contributed by atoms with Crippen LogP contribution in [-0.2, 0) is 4.79 Å². The maximum Gasteiger partial charge on any atom is 0.267 e. The molecule has 2 heterocycles. The first-order valence-electron chi connectivity index (χ1n) is 10.2. The fourth-order valence-electron chi connectivity index (χ4n) is 4.14. The summed E-state index contributed by atoms with van der Waals surface area (Å²) >= 11 is 0. The Balaban J connectivity index is 1.36. The minimum absolute atomic E-state index is 0.413. The molecule has 7 nitrogen and oxygen atoms in total. The molecule has 7 heteroatoms. The molecule has 1 atom stereocenters. The van der Waals surface area contributed by atoms with Crippen LogP contribution in [0.5, 0.6) is 0 Å². The molecule has 1 amide bonds. The lowest BCUT2D eigenvalue weighted by atomic mass is 9.86. The number of aromatic nitrogens is 2. The lowest BCUT2D eigenvalue weighted by Gasteiger charge is -2.23. The Hall–Kier alpha value is -1.99. The molecule has 0 bridgehead atoms. The number of carbonyl (C=O) groups is 1. The molecule has 1 saturated heterocycles. The largest absolute Gasteiger partial charge is 0.365 e. The first-order chi connectivity index (χ1) is 13.2. The Bertz CT molecular complexity index is 613. The van der Waals surface area contributed by atoms with E-state index in [0.717, 1.165) is 31.2 Å². The number of nitrogens with zero attached hydrogens (tertiary/aromatic N) is 3. The third-order valence-electron chi connectivity index (χ3n) is 5.62. The van der Waals surface area contributed by atoms with Gasteiger partial charge in [0.1, 0.15) is 5.82 Å². The van der Waals surface area contributed by atoms with Gasteiger partial charge < -0.3 is 10.2 Å². The fourth-order valence-corrected chi connectivity index (χ4v) is 4.14. The molecule has 2 aliphatic rings. The molecule has 1 aliphatic heterocycles. The number of hydrogen-bond acceptors (Lipinski definition) is 6. The van der Waals surface area contributed by atoms with Crippen LogP contribution in [0.2, 0.25) is 0 Å². The molecule has 0 aromatic carbocycles. The zero-order chi connectivity index (χ0) is 18.9. The standard InChI is InChI=1S/C20H31N5O2/c26-20(24-27)9-8-17-13-22-19(14-21-17)23-18-10-12-25(15-18)11-4-7-16-5-2-1-3-6-16/h8-9,13-14,16,18,27H,1-7,10-12,15H2,(H,22,23)(H,24,26)/t18-/m1/s1. The lowest BCUT2D eigenvalue weighted by molar-refractivity contribution is -0.124. The highest BCUT2D eigenvalue weighted by molar-refractivity contribution is 5.90. The van der Waals surface area contributed by atoms with Gasteiger partial charge in [0.05, 0.1) is 18.1 Å². The second-order valence-electron chi connectivity index (χ2n) is 7.71. The normalized spacial score (nSPS) is 21.6. The highest BCUT2D eigenvalue weighted by atomic mass is 16.5. The molecule has 1 aliphatic carbocycles. The number of nitrogens with one attached hydrogen (secondary N) is 2. The number of amides is 1. The predicted molar refractivity (Wildman–Crippen MR) is 105 cm³/mol. The molecule has 1 aromatic heterocycles. The van der Waals surface area contributed by atoms with E-state index in [-0.39, 0.29) is 0 Å². The molecule has 1 aromatic rings. The number of hydrogen-bond donors (Lipinski definition) is 3. The molecule has 1 saturated carbocycles. The summed E-state index contributed by atoms with van der Waals surface area (Å²) in [4.78, 5) is 22.1. The van der Waals surface area contributed by atoms with Crippen LogP contribution in [0, 0.1) is 5.92 Å². The summed E-state index contributed by atoms with van der Waals surface area (Å²) in [5.41, 5.74) is 2.11. The molecule has 148 valence electrons. The molecule has 0 radical (unpaired) electrons. The van der Waals surface area contributed by atoms with E-state index in [2.05, 4.69) is 20.2 Å². The Labute approximate surface area is 161 Å². The van der Waals surface area contributed by atoms with Crippen LogP contribution < -0.4 is 10.8 Å². The van der Waals surface area contributed by atoms with Gasteiger partial charge in [-0.15, -0.1) is 0 Å². The summed E-state index contributed by atoms with van der Waals surface area (Å²) in [7, 11) is 0. The van der Waals surface area contributed by atoms with Gasteiger partial charge in [-0.2, -0.15) is 0 Å². The minimum atomic E-state index is -0.589. The van der Waals surface area contributed by atoms with Gasteiger partial charge >= 0.3 is 0 Å². The van der Waals surface area contributed by atoms with Crippen molar-refractivity contribution in [1.29, 1.82) is 0 Å². The first kappa shape index (κ1) is 19.8. The quantitative estimate of drug-likeness (QED) is 0.369. The summed E-state index contributed by atoms with van der Waals surface area (Å²) in [5.74, 6) is 1.14. The molecular formula is C20H31N5O2. The van der Waals surface area contributed by atoms with E-state index < -0.39 is 5.91 Å². The van der Waals surface area contributed by atoms with Gasteiger partial charge in [-0.05, 0) is 37.8 Å². The number of hydroxylamine groups is 1. The van der Waals surface area contributed by atoms with Crippen molar-refractivity contribution < 1.29 is 10.0 Å². The molecule has 0 spiro atoms. The number of carbonyl (C=O) groups excluding carboxylic acids is 1. The van der Waals surface area contributed by atoms with Gasteiger partial charge in [0.2, 0.25) is 0 Å². The minimum Gasteiger partial charge on any atom is -0.365 e. The molecule has 0 unspecified atom stereocenters. The third-order valence-corrected chi connectivity index (χ3v) is 5.62. The highest BCUT2D eigenvalue weighted by Gasteiger charge is 2.22. The Morgan fingerprint density at radius 2 is 2.07 bits per heavy atom. The average molecular weight is 374 g/mol. The van der Waals surface area contributed by atoms with Gasteiger partial charge in [0.15, 0.2) is 0 Å². The molecule has 3 N–H and O–H groups in total. The van der Waals surface area contributed by atoms with Crippen LogP contribution in [0.25, 0.3) is 6.08 Å². The monoisotopic (exact) mass is 373 g/mol. The lowest BCUT2D eigenvalue weighted by Crippen LogP contribution is -2.27. The van der Waals surface area contributed by atoms with Crippen LogP contribution in [0.1, 0.15) is 57.1 Å². The smallest absolute Gasteiger partial charge is 0.267 e. The van der Waals surface area contributed by atoms with Gasteiger partial charge in [-0.25, -0.2) is 10.5 Å². The zero-order valence-corrected chi connectivity index (χ0v) is 15.9. The summed E-state index contributed by atoms with van der Waals surface area (Å²) < 4.78 is 0. The van der Waals surface area contributed by atoms with Crippen LogP contribution in [0.4, 0.5) is 5.82 Å². The molecule has 3 rings (SSSR count). The predicted octanol–water partition coefficient (Wildman–Crippen LogP) is 2.84. The van der Waals surface area contributed by atoms with E-state index in [1.165, 1.54) is 63.6 Å². The average Bonchev–Trinajstić information content (AvgIpc) is 3.15. The van der Waals surface area contributed by atoms with Crippen LogP contribution >= 0.6 is 0 Å². The number of rotatable bonds is 8. The second kappa shape index (κ2) is 10.4. The summed E-state index contributed by atoms with van der Waals surface area (Å²) in [6.07, 6.45) is 17.0. The Morgan fingerprint density at radius 3 is 2.81 bits per heavy atom. The van der Waals surface area contributed by atoms with Crippen LogP contribution in [-0.4, -0.2) is 51.7 Å². The van der Waals surface area contributed by atoms with Crippen molar-refractivity contribution in [2.75, 3.05) is 25.0 Å². The molecule has 2 fully saturated rings. The first-order valence-corrected chi connectivity index (χ1v) is 10.2. The van der Waals surface area contributed by atoms with Crippen molar-refractivity contribution in [2.45, 2.75) is 57.4 Å². The molecular weight excluding hydrogens is 342 g/mol. The Morgan fingerprint density at radius 1 is 1.22 bits per heavy atom. The van der Waals surface area contributed by atoms with E-state index in [1.54, 1.807) is 17.9 Å². The Kier molecular flexibility index (Phi) is 7.59. The van der Waals surface area contributed by atoms with Crippen molar-refractivity contribution in [3.05, 3.63) is 24.2 Å². The SMILES string of the molecule is O=C(C=Cc1cnc(N[C@@H]2CCN(CCCC3CCCCC3)C2)cn1)NO. The number of anilines is 1. The third kappa shape index (κ3) is 6.59. The zero-order valence-electron chi connectivity index (χ0n) is 15.9. The van der Waals surface area contributed by atoms with Crippen molar-refractivity contribution >= 4 is 17.8 Å². The topological polar surface area (TPSA) is 90.4 Å². The summed E-state index contributed by atoms with van der Waals surface area (Å²) in [5, 5.41) is 11.9. The van der Waals surface area contributed by atoms with Gasteiger partial charge in [0, 0.05) is 25.2 Å². The van der Waals surface area contributed by atoms with Crippen molar-refractivity contribution in [3.8, 4) is 0 Å². The van der Waals surface area contributed by atoms with Crippen molar-refractivity contribution in [1.82, 2.24) is 20.3 Å². The second-order valence-corrected chi connectivity index (χ2v) is 7.71. The van der Waals surface area contributed by atoms with Crippen LogP contribution in [0.3, 0.4) is 0 Å². The van der Waals surface area contributed by atoms with Gasteiger partial charge in [0.25, 0.3) is 5.91 Å². The van der Waals surface area contributed by atoms with Gasteiger partial charge in [-0.1, -0.05) is 32.1 Å². The maximum absolute atomic E-state index is 11.0.